The molecule has 1 saturated carbocycles. The molecular weight excluding hydrogens is 338 g/mol. The van der Waals surface area contributed by atoms with Gasteiger partial charge >= 0.3 is 0 Å². The zero-order valence-corrected chi connectivity index (χ0v) is 15.4. The van der Waals surface area contributed by atoms with Gasteiger partial charge in [0.1, 0.15) is 0 Å². The van der Waals surface area contributed by atoms with Crippen LogP contribution in [0.15, 0.2) is 54.6 Å². The lowest BCUT2D eigenvalue weighted by molar-refractivity contribution is 0.0628. The average Bonchev–Trinajstić information content (AvgIpc) is 3.53. The standard InChI is InChI=1S/C22H25N3O2/c26-21(23-20-9-10-20)18-7-4-8-19(15-18)22(27)25-13-11-24(12-14-25)16-17-5-2-1-3-6-17/h1-8,15,20H,9-14,16H2,(H,23,26). The van der Waals surface area contributed by atoms with Crippen LogP contribution in [0.1, 0.15) is 39.1 Å². The van der Waals surface area contributed by atoms with E-state index >= 15 is 0 Å². The van der Waals surface area contributed by atoms with Crippen LogP contribution < -0.4 is 5.32 Å². The van der Waals surface area contributed by atoms with Crippen LogP contribution in [0.3, 0.4) is 0 Å². The molecule has 0 spiro atoms. The Balaban J connectivity index is 1.34. The van der Waals surface area contributed by atoms with Gasteiger partial charge in [-0.2, -0.15) is 0 Å². The minimum absolute atomic E-state index is 0.00966. The first-order valence-corrected chi connectivity index (χ1v) is 9.65. The molecule has 27 heavy (non-hydrogen) atoms. The maximum absolute atomic E-state index is 12.8. The average molecular weight is 363 g/mol. The Hall–Kier alpha value is -2.66. The second-order valence-corrected chi connectivity index (χ2v) is 7.38. The first kappa shape index (κ1) is 17.7. The van der Waals surface area contributed by atoms with Crippen molar-refractivity contribution in [3.8, 4) is 0 Å². The number of hydrogen-bond donors (Lipinski definition) is 1. The molecule has 0 atom stereocenters. The number of nitrogens with one attached hydrogen (secondary N) is 1. The van der Waals surface area contributed by atoms with E-state index in [2.05, 4.69) is 34.5 Å². The minimum Gasteiger partial charge on any atom is -0.349 e. The third-order valence-corrected chi connectivity index (χ3v) is 5.19. The van der Waals surface area contributed by atoms with Crippen molar-refractivity contribution in [2.45, 2.75) is 25.4 Å². The Bertz CT molecular complexity index is 809. The number of hydrogen-bond acceptors (Lipinski definition) is 3. The molecule has 0 unspecified atom stereocenters. The van der Waals surface area contributed by atoms with Crippen LogP contribution in [0.5, 0.6) is 0 Å². The van der Waals surface area contributed by atoms with Crippen LogP contribution in [0, 0.1) is 0 Å². The molecule has 2 aromatic carbocycles. The molecule has 1 heterocycles. The quantitative estimate of drug-likeness (QED) is 0.888. The van der Waals surface area contributed by atoms with Gasteiger partial charge in [0.2, 0.25) is 0 Å². The lowest BCUT2D eigenvalue weighted by atomic mass is 10.1. The molecule has 140 valence electrons. The van der Waals surface area contributed by atoms with Crippen molar-refractivity contribution in [1.82, 2.24) is 15.1 Å². The molecule has 0 radical (unpaired) electrons. The van der Waals surface area contributed by atoms with Gasteiger partial charge in [-0.15, -0.1) is 0 Å². The van der Waals surface area contributed by atoms with Gasteiger partial charge < -0.3 is 10.2 Å². The maximum Gasteiger partial charge on any atom is 0.253 e. The minimum atomic E-state index is -0.0835. The Labute approximate surface area is 160 Å². The van der Waals surface area contributed by atoms with Crippen molar-refractivity contribution >= 4 is 11.8 Å². The van der Waals surface area contributed by atoms with Crippen LogP contribution >= 0.6 is 0 Å². The molecule has 1 N–H and O–H groups in total. The van der Waals surface area contributed by atoms with Crippen molar-refractivity contribution in [3.05, 3.63) is 71.3 Å². The summed E-state index contributed by atoms with van der Waals surface area (Å²) in [5, 5.41) is 2.97. The zero-order chi connectivity index (χ0) is 18.6. The van der Waals surface area contributed by atoms with E-state index in [0.29, 0.717) is 30.3 Å². The smallest absolute Gasteiger partial charge is 0.253 e. The van der Waals surface area contributed by atoms with Gasteiger partial charge in [0.25, 0.3) is 11.8 Å². The van der Waals surface area contributed by atoms with Crippen LogP contribution in [0.4, 0.5) is 0 Å². The monoisotopic (exact) mass is 363 g/mol. The first-order valence-electron chi connectivity index (χ1n) is 9.65. The van der Waals surface area contributed by atoms with E-state index in [1.54, 1.807) is 24.3 Å². The molecule has 0 aromatic heterocycles. The van der Waals surface area contributed by atoms with E-state index in [9.17, 15) is 9.59 Å². The first-order chi connectivity index (χ1) is 13.2. The second-order valence-electron chi connectivity index (χ2n) is 7.38. The maximum atomic E-state index is 12.8. The predicted octanol–water partition coefficient (Wildman–Crippen LogP) is 2.54. The lowest BCUT2D eigenvalue weighted by Crippen LogP contribution is -2.48. The fraction of sp³-hybridized carbons (Fsp3) is 0.364. The summed E-state index contributed by atoms with van der Waals surface area (Å²) in [6.45, 7) is 4.07. The van der Waals surface area contributed by atoms with E-state index in [4.69, 9.17) is 0 Å². The third kappa shape index (κ3) is 4.55. The lowest BCUT2D eigenvalue weighted by Gasteiger charge is -2.34. The number of piperazine rings is 1. The highest BCUT2D eigenvalue weighted by atomic mass is 16.2. The van der Waals surface area contributed by atoms with Crippen LogP contribution in [-0.4, -0.2) is 53.8 Å². The summed E-state index contributed by atoms with van der Waals surface area (Å²) in [5.74, 6) is -0.0738. The fourth-order valence-electron chi connectivity index (χ4n) is 3.42. The summed E-state index contributed by atoms with van der Waals surface area (Å²) in [6.07, 6.45) is 2.11. The van der Waals surface area contributed by atoms with Gasteiger partial charge in [-0.1, -0.05) is 36.4 Å². The summed E-state index contributed by atoms with van der Waals surface area (Å²) in [5.41, 5.74) is 2.46. The Morgan fingerprint density at radius 1 is 0.889 bits per heavy atom. The highest BCUT2D eigenvalue weighted by molar-refractivity contribution is 5.99. The van der Waals surface area contributed by atoms with Gasteiger partial charge in [0.05, 0.1) is 0 Å². The fourth-order valence-corrected chi connectivity index (χ4v) is 3.42. The second kappa shape index (κ2) is 7.92. The summed E-state index contributed by atoms with van der Waals surface area (Å²) in [6, 6.07) is 17.8. The molecule has 0 bridgehead atoms. The van der Waals surface area contributed by atoms with E-state index in [-0.39, 0.29) is 11.8 Å². The van der Waals surface area contributed by atoms with Crippen LogP contribution in [0.25, 0.3) is 0 Å². The number of nitrogens with zero attached hydrogens (tertiary/aromatic N) is 2. The molecule has 1 aliphatic heterocycles. The summed E-state index contributed by atoms with van der Waals surface area (Å²) < 4.78 is 0. The van der Waals surface area contributed by atoms with Crippen molar-refractivity contribution in [2.75, 3.05) is 26.2 Å². The predicted molar refractivity (Wildman–Crippen MR) is 105 cm³/mol. The van der Waals surface area contributed by atoms with Crippen molar-refractivity contribution < 1.29 is 9.59 Å². The molecule has 1 saturated heterocycles. The number of carbonyl (C=O) groups is 2. The van der Waals surface area contributed by atoms with E-state index in [1.807, 2.05) is 11.0 Å². The molecule has 5 heteroatoms. The Morgan fingerprint density at radius 2 is 1.59 bits per heavy atom. The van der Waals surface area contributed by atoms with E-state index < -0.39 is 0 Å². The largest absolute Gasteiger partial charge is 0.349 e. The van der Waals surface area contributed by atoms with Crippen LogP contribution in [-0.2, 0) is 6.54 Å². The number of rotatable bonds is 5. The molecule has 4 rings (SSSR count). The van der Waals surface area contributed by atoms with Gasteiger partial charge in [-0.25, -0.2) is 0 Å². The van der Waals surface area contributed by atoms with Gasteiger partial charge in [-0.05, 0) is 36.6 Å². The highest BCUT2D eigenvalue weighted by Gasteiger charge is 2.25. The number of amides is 2. The molecule has 2 aliphatic rings. The Morgan fingerprint density at radius 3 is 2.30 bits per heavy atom. The topological polar surface area (TPSA) is 52.7 Å². The van der Waals surface area contributed by atoms with Gasteiger partial charge in [-0.3, -0.25) is 14.5 Å². The number of carbonyl (C=O) groups excluding carboxylic acids is 2. The van der Waals surface area contributed by atoms with Gasteiger partial charge in [0, 0.05) is 49.9 Å². The van der Waals surface area contributed by atoms with Crippen LogP contribution in [0.2, 0.25) is 0 Å². The van der Waals surface area contributed by atoms with Crippen molar-refractivity contribution in [2.24, 2.45) is 0 Å². The third-order valence-electron chi connectivity index (χ3n) is 5.19. The molecule has 2 amide bonds. The van der Waals surface area contributed by atoms with E-state index in [0.717, 1.165) is 32.5 Å². The summed E-state index contributed by atoms with van der Waals surface area (Å²) in [7, 11) is 0. The van der Waals surface area contributed by atoms with E-state index in [1.165, 1.54) is 5.56 Å². The van der Waals surface area contributed by atoms with Crippen molar-refractivity contribution in [1.29, 1.82) is 0 Å². The number of benzene rings is 2. The molecule has 5 nitrogen and oxygen atoms in total. The molecule has 2 aromatic rings. The normalized spacial score (nSPS) is 17.6. The summed E-state index contributed by atoms with van der Waals surface area (Å²) >= 11 is 0. The summed E-state index contributed by atoms with van der Waals surface area (Å²) in [4.78, 5) is 29.3. The molecular formula is C22H25N3O2. The van der Waals surface area contributed by atoms with Gasteiger partial charge in [0.15, 0.2) is 0 Å². The van der Waals surface area contributed by atoms with Crippen molar-refractivity contribution in [3.63, 3.8) is 0 Å². The molecule has 1 aliphatic carbocycles. The Kier molecular flexibility index (Phi) is 5.21. The highest BCUT2D eigenvalue weighted by Crippen LogP contribution is 2.20. The zero-order valence-electron chi connectivity index (χ0n) is 15.4. The molecule has 2 fully saturated rings. The SMILES string of the molecule is O=C(NC1CC1)c1cccc(C(=O)N2CCN(Cc3ccccc3)CC2)c1.